The van der Waals surface area contributed by atoms with Crippen molar-refractivity contribution in [2.45, 2.75) is 25.3 Å². The Morgan fingerprint density at radius 3 is 2.64 bits per heavy atom. The maximum atomic E-state index is 5.58. The highest BCUT2D eigenvalue weighted by molar-refractivity contribution is 5.46. The fraction of sp³-hybridized carbons (Fsp3) is 0.500. The Labute approximate surface area is 149 Å². The van der Waals surface area contributed by atoms with E-state index in [-0.39, 0.29) is 0 Å². The molecular weight excluding hydrogens is 312 g/mol. The molecule has 5 nitrogen and oxygen atoms in total. The highest BCUT2D eigenvalue weighted by Crippen LogP contribution is 2.22. The lowest BCUT2D eigenvalue weighted by Gasteiger charge is -2.36. The van der Waals surface area contributed by atoms with Gasteiger partial charge in [0.15, 0.2) is 0 Å². The molecule has 0 amide bonds. The molecular formula is C20H26N4O. The quantitative estimate of drug-likeness (QED) is 0.857. The molecule has 1 aromatic heterocycles. The smallest absolute Gasteiger partial charge is 0.133 e. The molecule has 0 spiro atoms. The first kappa shape index (κ1) is 16.5. The highest BCUT2D eigenvalue weighted by atomic mass is 16.5. The summed E-state index contributed by atoms with van der Waals surface area (Å²) in [5.74, 6) is 1.32. The standard InChI is InChI=1S/C20H26N4O/c1-2-6-19(7-3-1)24-12-10-23(11-13-24)15-18-8-9-21-20(22-18)17-5-4-14-25-16-17/h1-3,6-9,17H,4-5,10-16H2. The molecule has 0 saturated carbocycles. The maximum Gasteiger partial charge on any atom is 0.133 e. The van der Waals surface area contributed by atoms with Gasteiger partial charge >= 0.3 is 0 Å². The lowest BCUT2D eigenvalue weighted by molar-refractivity contribution is 0.0779. The number of rotatable bonds is 4. The number of benzene rings is 1. The molecule has 1 atom stereocenters. The summed E-state index contributed by atoms with van der Waals surface area (Å²) in [5.41, 5.74) is 2.45. The highest BCUT2D eigenvalue weighted by Gasteiger charge is 2.21. The minimum absolute atomic E-state index is 0.364. The van der Waals surface area contributed by atoms with Gasteiger partial charge in [0.1, 0.15) is 5.82 Å². The van der Waals surface area contributed by atoms with Crippen molar-refractivity contribution in [3.63, 3.8) is 0 Å². The van der Waals surface area contributed by atoms with E-state index in [0.29, 0.717) is 5.92 Å². The number of anilines is 1. The molecule has 2 aromatic rings. The number of ether oxygens (including phenoxy) is 1. The monoisotopic (exact) mass is 338 g/mol. The minimum atomic E-state index is 0.364. The Bertz CT molecular complexity index is 664. The first-order valence-electron chi connectivity index (χ1n) is 9.30. The second-order valence-electron chi connectivity index (χ2n) is 6.92. The molecule has 0 N–H and O–H groups in total. The Morgan fingerprint density at radius 2 is 1.88 bits per heavy atom. The van der Waals surface area contributed by atoms with Crippen LogP contribution in [0.15, 0.2) is 42.6 Å². The number of aromatic nitrogens is 2. The zero-order valence-electron chi connectivity index (χ0n) is 14.7. The van der Waals surface area contributed by atoms with Gasteiger partial charge in [-0.3, -0.25) is 4.90 Å². The Hall–Kier alpha value is -1.98. The van der Waals surface area contributed by atoms with Crippen LogP contribution in [-0.4, -0.2) is 54.3 Å². The fourth-order valence-electron chi connectivity index (χ4n) is 3.67. The summed E-state index contributed by atoms with van der Waals surface area (Å²) in [6.45, 7) is 6.82. The van der Waals surface area contributed by atoms with Crippen LogP contribution in [-0.2, 0) is 11.3 Å². The first-order chi connectivity index (χ1) is 12.4. The van der Waals surface area contributed by atoms with E-state index in [1.807, 2.05) is 6.20 Å². The molecule has 2 aliphatic heterocycles. The van der Waals surface area contributed by atoms with Crippen LogP contribution in [0.25, 0.3) is 0 Å². The normalized spacial score (nSPS) is 22.1. The molecule has 2 aliphatic rings. The zero-order chi connectivity index (χ0) is 16.9. The second-order valence-corrected chi connectivity index (χ2v) is 6.92. The van der Waals surface area contributed by atoms with Gasteiger partial charge in [0.2, 0.25) is 0 Å². The summed E-state index contributed by atoms with van der Waals surface area (Å²) < 4.78 is 5.58. The first-order valence-corrected chi connectivity index (χ1v) is 9.30. The number of nitrogens with zero attached hydrogens (tertiary/aromatic N) is 4. The van der Waals surface area contributed by atoms with Crippen molar-refractivity contribution in [1.82, 2.24) is 14.9 Å². The van der Waals surface area contributed by atoms with Gasteiger partial charge < -0.3 is 9.64 Å². The fourth-order valence-corrected chi connectivity index (χ4v) is 3.67. The van der Waals surface area contributed by atoms with E-state index in [0.717, 1.165) is 70.3 Å². The molecule has 2 saturated heterocycles. The van der Waals surface area contributed by atoms with Crippen molar-refractivity contribution in [3.8, 4) is 0 Å². The molecule has 1 aromatic carbocycles. The summed E-state index contributed by atoms with van der Waals surface area (Å²) in [5, 5.41) is 0. The van der Waals surface area contributed by atoms with E-state index < -0.39 is 0 Å². The number of piperazine rings is 1. The summed E-state index contributed by atoms with van der Waals surface area (Å²) in [6, 6.07) is 12.7. The van der Waals surface area contributed by atoms with Crippen LogP contribution in [0.5, 0.6) is 0 Å². The summed E-state index contributed by atoms with van der Waals surface area (Å²) in [4.78, 5) is 14.3. The third-order valence-electron chi connectivity index (χ3n) is 5.14. The summed E-state index contributed by atoms with van der Waals surface area (Å²) in [7, 11) is 0. The SMILES string of the molecule is c1ccc(N2CCN(Cc3ccnc(C4CCCOC4)n3)CC2)cc1. The lowest BCUT2D eigenvalue weighted by atomic mass is 10.0. The predicted octanol–water partition coefficient (Wildman–Crippen LogP) is 2.69. The van der Waals surface area contributed by atoms with E-state index >= 15 is 0 Å². The van der Waals surface area contributed by atoms with Crippen molar-refractivity contribution in [2.75, 3.05) is 44.3 Å². The molecule has 1 unspecified atom stereocenters. The third-order valence-corrected chi connectivity index (χ3v) is 5.14. The van der Waals surface area contributed by atoms with E-state index in [1.165, 1.54) is 5.69 Å². The van der Waals surface area contributed by atoms with Gasteiger partial charge in [-0.2, -0.15) is 0 Å². The Morgan fingerprint density at radius 1 is 1.04 bits per heavy atom. The number of hydrogen-bond acceptors (Lipinski definition) is 5. The van der Waals surface area contributed by atoms with Crippen LogP contribution in [0.3, 0.4) is 0 Å². The summed E-state index contributed by atoms with van der Waals surface area (Å²) in [6.07, 6.45) is 4.16. The Balaban J connectivity index is 1.34. The van der Waals surface area contributed by atoms with Gasteiger partial charge in [0.05, 0.1) is 12.3 Å². The summed E-state index contributed by atoms with van der Waals surface area (Å²) >= 11 is 0. The zero-order valence-corrected chi connectivity index (χ0v) is 14.7. The molecule has 3 heterocycles. The molecule has 0 bridgehead atoms. The van der Waals surface area contributed by atoms with Crippen LogP contribution in [0.1, 0.15) is 30.3 Å². The second kappa shape index (κ2) is 7.93. The number of para-hydroxylation sites is 1. The molecule has 5 heteroatoms. The maximum absolute atomic E-state index is 5.58. The van der Waals surface area contributed by atoms with Crippen molar-refractivity contribution in [3.05, 3.63) is 54.1 Å². The van der Waals surface area contributed by atoms with Crippen molar-refractivity contribution in [1.29, 1.82) is 0 Å². The third kappa shape index (κ3) is 4.17. The van der Waals surface area contributed by atoms with Crippen molar-refractivity contribution >= 4 is 5.69 Å². The molecule has 132 valence electrons. The molecule has 25 heavy (non-hydrogen) atoms. The molecule has 2 fully saturated rings. The average molecular weight is 338 g/mol. The van der Waals surface area contributed by atoms with Crippen LogP contribution < -0.4 is 4.90 Å². The van der Waals surface area contributed by atoms with Gasteiger partial charge in [-0.05, 0) is 31.0 Å². The van der Waals surface area contributed by atoms with E-state index in [2.05, 4.69) is 51.2 Å². The van der Waals surface area contributed by atoms with Gasteiger partial charge in [-0.15, -0.1) is 0 Å². The van der Waals surface area contributed by atoms with Gasteiger partial charge in [0.25, 0.3) is 0 Å². The van der Waals surface area contributed by atoms with Gasteiger partial charge in [-0.25, -0.2) is 9.97 Å². The molecule has 4 rings (SSSR count). The predicted molar refractivity (Wildman–Crippen MR) is 98.8 cm³/mol. The van der Waals surface area contributed by atoms with Gasteiger partial charge in [-0.1, -0.05) is 18.2 Å². The van der Waals surface area contributed by atoms with E-state index in [9.17, 15) is 0 Å². The van der Waals surface area contributed by atoms with Crippen LogP contribution in [0.4, 0.5) is 5.69 Å². The van der Waals surface area contributed by atoms with Crippen molar-refractivity contribution < 1.29 is 4.74 Å². The molecule has 0 radical (unpaired) electrons. The van der Waals surface area contributed by atoms with Crippen LogP contribution in [0.2, 0.25) is 0 Å². The van der Waals surface area contributed by atoms with E-state index in [1.54, 1.807) is 0 Å². The average Bonchev–Trinajstić information content (AvgIpc) is 2.70. The van der Waals surface area contributed by atoms with Crippen LogP contribution >= 0.6 is 0 Å². The topological polar surface area (TPSA) is 41.5 Å². The molecule has 0 aliphatic carbocycles. The minimum Gasteiger partial charge on any atom is -0.381 e. The van der Waals surface area contributed by atoms with E-state index in [4.69, 9.17) is 9.72 Å². The van der Waals surface area contributed by atoms with Crippen LogP contribution in [0, 0.1) is 0 Å². The van der Waals surface area contributed by atoms with Crippen molar-refractivity contribution in [2.24, 2.45) is 0 Å². The van der Waals surface area contributed by atoms with Gasteiger partial charge in [0, 0.05) is 57.1 Å². The Kier molecular flexibility index (Phi) is 5.23. The lowest BCUT2D eigenvalue weighted by Crippen LogP contribution is -2.46. The largest absolute Gasteiger partial charge is 0.381 e. The number of hydrogen-bond donors (Lipinski definition) is 0.